The molecule has 1 aliphatic heterocycles. The van der Waals surface area contributed by atoms with Crippen LogP contribution >= 0.6 is 0 Å². The Labute approximate surface area is 157 Å². The van der Waals surface area contributed by atoms with Gasteiger partial charge in [-0.05, 0) is 37.1 Å². The molecule has 2 aromatic rings. The smallest absolute Gasteiger partial charge is 0.251 e. The second-order valence-electron chi connectivity index (χ2n) is 6.52. The van der Waals surface area contributed by atoms with Crippen molar-refractivity contribution in [2.75, 3.05) is 19.6 Å². The topological polar surface area (TPSA) is 91.7 Å². The molecule has 7 heteroatoms. The highest BCUT2D eigenvalue weighted by Crippen LogP contribution is 2.17. The Morgan fingerprint density at radius 1 is 1.07 bits per heavy atom. The Kier molecular flexibility index (Phi) is 6.25. The van der Waals surface area contributed by atoms with Crippen molar-refractivity contribution in [1.29, 1.82) is 0 Å². The molecule has 1 fully saturated rings. The lowest BCUT2D eigenvalue weighted by Crippen LogP contribution is -2.48. The van der Waals surface area contributed by atoms with Gasteiger partial charge in [0.25, 0.3) is 5.91 Å². The monoisotopic (exact) mass is 369 g/mol. The third kappa shape index (κ3) is 5.20. The zero-order chi connectivity index (χ0) is 19.1. The first-order valence-corrected chi connectivity index (χ1v) is 9.04. The van der Waals surface area contributed by atoms with Crippen molar-refractivity contribution in [3.63, 3.8) is 0 Å². The summed E-state index contributed by atoms with van der Waals surface area (Å²) in [5, 5.41) is 5.49. The number of piperidine rings is 1. The third-order valence-electron chi connectivity index (χ3n) is 4.60. The summed E-state index contributed by atoms with van der Waals surface area (Å²) in [6.07, 6.45) is 3.06. The molecule has 0 unspecified atom stereocenters. The molecule has 3 rings (SSSR count). The molecule has 0 saturated carbocycles. The number of amides is 3. The molecule has 3 amide bonds. The van der Waals surface area contributed by atoms with Gasteiger partial charge in [-0.1, -0.05) is 18.2 Å². The largest absolute Gasteiger partial charge is 0.467 e. The lowest BCUT2D eigenvalue weighted by atomic mass is 9.97. The molecular formula is C20H23N3O4. The molecule has 2 N–H and O–H groups in total. The van der Waals surface area contributed by atoms with Gasteiger partial charge in [0.15, 0.2) is 0 Å². The minimum absolute atomic E-state index is 0.0749. The molecule has 1 saturated heterocycles. The fraction of sp³-hybridized carbons (Fsp3) is 0.350. The summed E-state index contributed by atoms with van der Waals surface area (Å²) in [7, 11) is 0. The Morgan fingerprint density at radius 2 is 1.89 bits per heavy atom. The van der Waals surface area contributed by atoms with Crippen molar-refractivity contribution in [3.05, 3.63) is 60.1 Å². The van der Waals surface area contributed by atoms with Crippen LogP contribution in [0.15, 0.2) is 53.1 Å². The second kappa shape index (κ2) is 9.02. The zero-order valence-corrected chi connectivity index (χ0v) is 15.0. The third-order valence-corrected chi connectivity index (χ3v) is 4.60. The summed E-state index contributed by atoms with van der Waals surface area (Å²) >= 11 is 0. The molecule has 2 heterocycles. The number of hydrogen-bond acceptors (Lipinski definition) is 4. The first kappa shape index (κ1) is 18.7. The Balaban J connectivity index is 1.46. The highest BCUT2D eigenvalue weighted by molar-refractivity contribution is 5.96. The molecular weight excluding hydrogens is 346 g/mol. The fourth-order valence-corrected chi connectivity index (χ4v) is 3.11. The molecule has 1 atom stereocenters. The van der Waals surface area contributed by atoms with E-state index in [0.717, 1.165) is 12.8 Å². The summed E-state index contributed by atoms with van der Waals surface area (Å²) in [5.41, 5.74) is 0.513. The first-order valence-electron chi connectivity index (χ1n) is 9.04. The standard InChI is InChI=1S/C20H23N3O4/c24-18(13-22-19(25)15-6-2-1-3-7-15)23-10-4-8-16(14-23)20(26)21-12-17-9-5-11-27-17/h1-3,5-7,9,11,16H,4,8,10,12-14H2,(H,21,26)(H,22,25)/t16-/m0/s1. The molecule has 0 aliphatic carbocycles. The van der Waals surface area contributed by atoms with E-state index in [-0.39, 0.29) is 30.2 Å². The summed E-state index contributed by atoms with van der Waals surface area (Å²) in [6, 6.07) is 12.3. The Bertz CT molecular complexity index is 774. The number of hydrogen-bond donors (Lipinski definition) is 2. The maximum Gasteiger partial charge on any atom is 0.251 e. The van der Waals surface area contributed by atoms with Crippen molar-refractivity contribution in [1.82, 2.24) is 15.5 Å². The second-order valence-corrected chi connectivity index (χ2v) is 6.52. The predicted octanol–water partition coefficient (Wildman–Crippen LogP) is 1.56. The molecule has 1 aliphatic rings. The number of rotatable bonds is 6. The zero-order valence-electron chi connectivity index (χ0n) is 15.0. The maximum absolute atomic E-state index is 12.4. The lowest BCUT2D eigenvalue weighted by molar-refractivity contribution is -0.135. The molecule has 1 aromatic carbocycles. The number of furan rings is 1. The summed E-state index contributed by atoms with van der Waals surface area (Å²) in [5.74, 6) is -0.105. The summed E-state index contributed by atoms with van der Waals surface area (Å²) in [6.45, 7) is 1.23. The van der Waals surface area contributed by atoms with Crippen LogP contribution in [0.25, 0.3) is 0 Å². The van der Waals surface area contributed by atoms with Crippen molar-refractivity contribution in [2.24, 2.45) is 5.92 Å². The van der Waals surface area contributed by atoms with E-state index in [4.69, 9.17) is 4.42 Å². The van der Waals surface area contributed by atoms with E-state index in [9.17, 15) is 14.4 Å². The SMILES string of the molecule is O=C(NCC(=O)N1CCC[C@H](C(=O)NCc2ccco2)C1)c1ccccc1. The van der Waals surface area contributed by atoms with Gasteiger partial charge in [-0.3, -0.25) is 14.4 Å². The lowest BCUT2D eigenvalue weighted by Gasteiger charge is -2.32. The summed E-state index contributed by atoms with van der Waals surface area (Å²) in [4.78, 5) is 38.5. The minimum Gasteiger partial charge on any atom is -0.467 e. The van der Waals surface area contributed by atoms with E-state index in [1.165, 1.54) is 0 Å². The molecule has 0 spiro atoms. The molecule has 27 heavy (non-hydrogen) atoms. The normalized spacial score (nSPS) is 16.6. The number of nitrogens with zero attached hydrogens (tertiary/aromatic N) is 1. The molecule has 1 aromatic heterocycles. The van der Waals surface area contributed by atoms with E-state index in [1.54, 1.807) is 47.6 Å². The van der Waals surface area contributed by atoms with Crippen LogP contribution in [0, 0.1) is 5.92 Å². The average molecular weight is 369 g/mol. The van der Waals surface area contributed by atoms with E-state index in [1.807, 2.05) is 6.07 Å². The van der Waals surface area contributed by atoms with E-state index < -0.39 is 0 Å². The van der Waals surface area contributed by atoms with Gasteiger partial charge in [-0.15, -0.1) is 0 Å². The predicted molar refractivity (Wildman–Crippen MR) is 98.6 cm³/mol. The molecule has 142 valence electrons. The highest BCUT2D eigenvalue weighted by atomic mass is 16.3. The maximum atomic E-state index is 12.4. The Hall–Kier alpha value is -3.09. The van der Waals surface area contributed by atoms with Crippen molar-refractivity contribution < 1.29 is 18.8 Å². The number of carbonyl (C=O) groups excluding carboxylic acids is 3. The van der Waals surface area contributed by atoms with Crippen LogP contribution in [0.2, 0.25) is 0 Å². The minimum atomic E-state index is -0.284. The molecule has 0 bridgehead atoms. The van der Waals surface area contributed by atoms with Crippen LogP contribution in [0.4, 0.5) is 0 Å². The van der Waals surface area contributed by atoms with E-state index in [2.05, 4.69) is 10.6 Å². The van der Waals surface area contributed by atoms with Crippen molar-refractivity contribution in [3.8, 4) is 0 Å². The number of nitrogens with one attached hydrogen (secondary N) is 2. The Morgan fingerprint density at radius 3 is 2.63 bits per heavy atom. The van der Waals surface area contributed by atoms with Crippen LogP contribution in [0.1, 0.15) is 29.0 Å². The fourth-order valence-electron chi connectivity index (χ4n) is 3.11. The van der Waals surface area contributed by atoms with Crippen LogP contribution in [0.3, 0.4) is 0 Å². The van der Waals surface area contributed by atoms with Crippen molar-refractivity contribution in [2.45, 2.75) is 19.4 Å². The average Bonchev–Trinajstić information content (AvgIpc) is 3.24. The van der Waals surface area contributed by atoms with Crippen LogP contribution < -0.4 is 10.6 Å². The molecule has 0 radical (unpaired) electrons. The van der Waals surface area contributed by atoms with Gasteiger partial charge in [0.1, 0.15) is 5.76 Å². The van der Waals surface area contributed by atoms with Crippen LogP contribution in [-0.4, -0.2) is 42.3 Å². The van der Waals surface area contributed by atoms with E-state index >= 15 is 0 Å². The van der Waals surface area contributed by atoms with Crippen LogP contribution in [-0.2, 0) is 16.1 Å². The highest BCUT2D eigenvalue weighted by Gasteiger charge is 2.28. The molecule has 7 nitrogen and oxygen atoms in total. The number of benzene rings is 1. The van der Waals surface area contributed by atoms with Crippen LogP contribution in [0.5, 0.6) is 0 Å². The summed E-state index contributed by atoms with van der Waals surface area (Å²) < 4.78 is 5.20. The van der Waals surface area contributed by atoms with Gasteiger partial charge in [-0.2, -0.15) is 0 Å². The van der Waals surface area contributed by atoms with Gasteiger partial charge in [0.2, 0.25) is 11.8 Å². The number of likely N-dealkylation sites (tertiary alicyclic amines) is 1. The quantitative estimate of drug-likeness (QED) is 0.808. The van der Waals surface area contributed by atoms with Gasteiger partial charge < -0.3 is 20.0 Å². The van der Waals surface area contributed by atoms with Gasteiger partial charge in [0.05, 0.1) is 25.3 Å². The first-order chi connectivity index (χ1) is 13.1. The van der Waals surface area contributed by atoms with Gasteiger partial charge in [0, 0.05) is 18.7 Å². The van der Waals surface area contributed by atoms with Gasteiger partial charge >= 0.3 is 0 Å². The van der Waals surface area contributed by atoms with E-state index in [0.29, 0.717) is 31.0 Å². The van der Waals surface area contributed by atoms with Gasteiger partial charge in [-0.25, -0.2) is 0 Å². The van der Waals surface area contributed by atoms with Crippen molar-refractivity contribution >= 4 is 17.7 Å². The number of carbonyl (C=O) groups is 3.